The van der Waals surface area contributed by atoms with Crippen molar-refractivity contribution < 1.29 is 9.47 Å². The van der Waals surface area contributed by atoms with Gasteiger partial charge >= 0.3 is 0 Å². The molecule has 160 valence electrons. The highest BCUT2D eigenvalue weighted by atomic mass is 16.5. The molecule has 0 spiro atoms. The number of hydrogen-bond acceptors (Lipinski definition) is 5. The number of nitrogens with zero attached hydrogens (tertiary/aromatic N) is 1. The van der Waals surface area contributed by atoms with Gasteiger partial charge in [-0.2, -0.15) is 0 Å². The van der Waals surface area contributed by atoms with Gasteiger partial charge in [-0.15, -0.1) is 0 Å². The van der Waals surface area contributed by atoms with Crippen LogP contribution in [0.3, 0.4) is 0 Å². The fraction of sp³-hybridized carbons (Fsp3) is 0.0769. The van der Waals surface area contributed by atoms with E-state index in [-0.39, 0.29) is 5.84 Å². The number of hydrogen-bond donors (Lipinski definition) is 3. The zero-order chi connectivity index (χ0) is 22.5. The molecule has 0 unspecified atom stereocenters. The Bertz CT molecular complexity index is 1240. The van der Waals surface area contributed by atoms with Crippen LogP contribution in [0, 0.1) is 5.41 Å². The van der Waals surface area contributed by atoms with E-state index in [1.165, 1.54) is 0 Å². The Labute approximate surface area is 187 Å². The topological polar surface area (TPSA) is 107 Å². The van der Waals surface area contributed by atoms with Crippen LogP contribution in [0.1, 0.15) is 11.1 Å². The predicted octanol–water partition coefficient (Wildman–Crippen LogP) is 5.22. The van der Waals surface area contributed by atoms with Crippen LogP contribution in [0.5, 0.6) is 11.5 Å². The van der Waals surface area contributed by atoms with Gasteiger partial charge in [-0.1, -0.05) is 48.5 Å². The smallest absolute Gasteiger partial charge is 0.127 e. The van der Waals surface area contributed by atoms with Crippen LogP contribution in [-0.4, -0.2) is 17.9 Å². The largest absolute Gasteiger partial charge is 0.457 e. The summed E-state index contributed by atoms with van der Waals surface area (Å²) in [5.74, 6) is 1.35. The molecule has 0 saturated carbocycles. The molecule has 1 aromatic heterocycles. The second kappa shape index (κ2) is 9.32. The quantitative estimate of drug-likeness (QED) is 0.278. The molecule has 6 heteroatoms. The molecule has 1 heterocycles. The number of amidine groups is 1. The second-order valence-electron chi connectivity index (χ2n) is 7.30. The van der Waals surface area contributed by atoms with E-state index in [4.69, 9.17) is 26.4 Å². The fourth-order valence-corrected chi connectivity index (χ4v) is 3.57. The first kappa shape index (κ1) is 21.1. The number of aromatic nitrogens is 1. The maximum absolute atomic E-state index is 8.15. The number of nitrogen functional groups attached to an aromatic ring is 2. The molecule has 3 aromatic carbocycles. The van der Waals surface area contributed by atoms with Crippen LogP contribution in [0.2, 0.25) is 0 Å². The van der Waals surface area contributed by atoms with Crippen LogP contribution in [0.4, 0.5) is 5.69 Å². The second-order valence-corrected chi connectivity index (χ2v) is 7.30. The molecule has 0 aliphatic rings. The zero-order valence-corrected chi connectivity index (χ0v) is 17.7. The maximum atomic E-state index is 8.15. The average molecular weight is 425 g/mol. The van der Waals surface area contributed by atoms with Crippen molar-refractivity contribution in [3.8, 4) is 33.9 Å². The minimum absolute atomic E-state index is 0.112. The molecule has 0 saturated heterocycles. The van der Waals surface area contributed by atoms with E-state index in [2.05, 4.69) is 4.98 Å². The van der Waals surface area contributed by atoms with Gasteiger partial charge in [0.25, 0.3) is 0 Å². The minimum atomic E-state index is -0.112. The fourth-order valence-electron chi connectivity index (χ4n) is 3.57. The summed E-state index contributed by atoms with van der Waals surface area (Å²) < 4.78 is 11.1. The van der Waals surface area contributed by atoms with Gasteiger partial charge in [0, 0.05) is 24.4 Å². The van der Waals surface area contributed by atoms with E-state index in [1.54, 1.807) is 13.3 Å². The Balaban J connectivity index is 1.70. The highest BCUT2D eigenvalue weighted by Crippen LogP contribution is 2.34. The van der Waals surface area contributed by atoms with Crippen molar-refractivity contribution in [1.82, 2.24) is 4.98 Å². The summed E-state index contributed by atoms with van der Waals surface area (Å²) in [4.78, 5) is 4.61. The van der Waals surface area contributed by atoms with E-state index >= 15 is 0 Å². The molecule has 0 aliphatic carbocycles. The Kier molecular flexibility index (Phi) is 6.14. The van der Waals surface area contributed by atoms with E-state index in [0.717, 1.165) is 22.4 Å². The van der Waals surface area contributed by atoms with Gasteiger partial charge < -0.3 is 20.9 Å². The van der Waals surface area contributed by atoms with E-state index < -0.39 is 0 Å². The summed E-state index contributed by atoms with van der Waals surface area (Å²) >= 11 is 0. The van der Waals surface area contributed by atoms with Crippen LogP contribution < -0.4 is 16.2 Å². The summed E-state index contributed by atoms with van der Waals surface area (Å²) in [6.45, 7) is 0.489. The van der Waals surface area contributed by atoms with Crippen molar-refractivity contribution in [2.75, 3.05) is 12.8 Å². The highest BCUT2D eigenvalue weighted by molar-refractivity contribution is 6.08. The van der Waals surface area contributed by atoms with E-state index in [9.17, 15) is 0 Å². The Morgan fingerprint density at radius 1 is 0.906 bits per heavy atom. The number of nitrogens with two attached hydrogens (primary N) is 2. The summed E-state index contributed by atoms with van der Waals surface area (Å²) in [7, 11) is 1.65. The van der Waals surface area contributed by atoms with Crippen molar-refractivity contribution in [2.24, 2.45) is 5.73 Å². The number of pyridine rings is 1. The molecule has 6 nitrogen and oxygen atoms in total. The lowest BCUT2D eigenvalue weighted by Crippen LogP contribution is -2.16. The lowest BCUT2D eigenvalue weighted by atomic mass is 9.96. The lowest BCUT2D eigenvalue weighted by Gasteiger charge is -2.15. The third-order valence-corrected chi connectivity index (χ3v) is 5.04. The molecule has 0 atom stereocenters. The van der Waals surface area contributed by atoms with Gasteiger partial charge in [0.05, 0.1) is 23.6 Å². The van der Waals surface area contributed by atoms with Crippen molar-refractivity contribution in [1.29, 1.82) is 5.41 Å². The number of para-hydroxylation sites is 1. The number of anilines is 1. The number of rotatable bonds is 7. The Hall–Kier alpha value is -4.16. The summed E-state index contributed by atoms with van der Waals surface area (Å²) in [5, 5.41) is 8.15. The number of benzene rings is 3. The van der Waals surface area contributed by atoms with Crippen LogP contribution in [0.15, 0.2) is 85.1 Å². The molecule has 0 aliphatic heterocycles. The monoisotopic (exact) mass is 424 g/mol. The molecule has 4 aromatic rings. The standard InChI is InChI=1S/C26H24N4O2/c1-31-16-17-6-5-7-19(14-17)25-24(27)23(26(28)29)22(15-30-25)18-10-12-21(13-11-18)32-20-8-3-2-4-9-20/h2-15H,16,27H2,1H3,(H3,28,29). The molecule has 4 rings (SSSR count). The maximum Gasteiger partial charge on any atom is 0.127 e. The van der Waals surface area contributed by atoms with Gasteiger partial charge in [-0.25, -0.2) is 0 Å². The SMILES string of the molecule is COCc1cccc(-c2ncc(-c3ccc(Oc4ccccc4)cc3)c(C(=N)N)c2N)c1. The molecule has 0 radical (unpaired) electrons. The summed E-state index contributed by atoms with van der Waals surface area (Å²) in [5.41, 5.74) is 17.2. The number of methoxy groups -OCH3 is 1. The number of ether oxygens (including phenoxy) is 2. The van der Waals surface area contributed by atoms with E-state index in [1.807, 2.05) is 78.9 Å². The molecule has 0 amide bonds. The minimum Gasteiger partial charge on any atom is -0.457 e. The first-order chi connectivity index (χ1) is 15.6. The molecule has 5 N–H and O–H groups in total. The lowest BCUT2D eigenvalue weighted by molar-refractivity contribution is 0.185. The van der Waals surface area contributed by atoms with Crippen molar-refractivity contribution in [3.63, 3.8) is 0 Å². The number of nitrogens with one attached hydrogen (secondary N) is 1. The molecular formula is C26H24N4O2. The zero-order valence-electron chi connectivity index (χ0n) is 17.7. The van der Waals surface area contributed by atoms with Gasteiger partial charge in [0.1, 0.15) is 17.3 Å². The summed E-state index contributed by atoms with van der Waals surface area (Å²) in [6, 6.07) is 24.9. The average Bonchev–Trinajstić information content (AvgIpc) is 2.80. The third-order valence-electron chi connectivity index (χ3n) is 5.04. The normalized spacial score (nSPS) is 10.7. The van der Waals surface area contributed by atoms with E-state index in [0.29, 0.717) is 34.9 Å². The Morgan fingerprint density at radius 3 is 2.31 bits per heavy atom. The summed E-state index contributed by atoms with van der Waals surface area (Å²) in [6.07, 6.45) is 1.71. The van der Waals surface area contributed by atoms with Crippen LogP contribution in [0.25, 0.3) is 22.4 Å². The highest BCUT2D eigenvalue weighted by Gasteiger charge is 2.17. The predicted molar refractivity (Wildman–Crippen MR) is 128 cm³/mol. The molecule has 0 bridgehead atoms. The molecule has 0 fully saturated rings. The van der Waals surface area contributed by atoms with Gasteiger partial charge in [0.15, 0.2) is 0 Å². The molecule has 32 heavy (non-hydrogen) atoms. The first-order valence-corrected chi connectivity index (χ1v) is 10.1. The van der Waals surface area contributed by atoms with Gasteiger partial charge in [0.2, 0.25) is 0 Å². The van der Waals surface area contributed by atoms with Gasteiger partial charge in [-0.3, -0.25) is 10.4 Å². The first-order valence-electron chi connectivity index (χ1n) is 10.1. The third kappa shape index (κ3) is 4.45. The van der Waals surface area contributed by atoms with Crippen LogP contribution >= 0.6 is 0 Å². The van der Waals surface area contributed by atoms with Gasteiger partial charge in [-0.05, 0) is 41.5 Å². The Morgan fingerprint density at radius 2 is 1.62 bits per heavy atom. The van der Waals surface area contributed by atoms with Crippen molar-refractivity contribution in [2.45, 2.75) is 6.61 Å². The van der Waals surface area contributed by atoms with Crippen molar-refractivity contribution >= 4 is 11.5 Å². The van der Waals surface area contributed by atoms with Crippen LogP contribution in [-0.2, 0) is 11.3 Å². The molecular weight excluding hydrogens is 400 g/mol. The van der Waals surface area contributed by atoms with Crippen molar-refractivity contribution in [3.05, 3.63) is 96.2 Å².